The molecule has 104 valence electrons. The van der Waals surface area contributed by atoms with Crippen LogP contribution in [0.25, 0.3) is 11.4 Å². The Labute approximate surface area is 132 Å². The summed E-state index contributed by atoms with van der Waals surface area (Å²) < 4.78 is 1.86. The van der Waals surface area contributed by atoms with Crippen molar-refractivity contribution in [2.45, 2.75) is 26.8 Å². The second-order valence-electron chi connectivity index (χ2n) is 5.20. The smallest absolute Gasteiger partial charge is 0.139 e. The van der Waals surface area contributed by atoms with Gasteiger partial charge in [-0.1, -0.05) is 28.1 Å². The Morgan fingerprint density at radius 3 is 2.65 bits per heavy atom. The van der Waals surface area contributed by atoms with E-state index in [-0.39, 0.29) is 0 Å². The number of aryl methyl sites for hydroxylation is 2. The molecule has 5 heteroatoms. The van der Waals surface area contributed by atoms with E-state index in [1.165, 1.54) is 16.8 Å². The van der Waals surface area contributed by atoms with Gasteiger partial charge < -0.3 is 10.3 Å². The Morgan fingerprint density at radius 1 is 1.25 bits per heavy atom. The first-order valence-electron chi connectivity index (χ1n) is 6.66. The molecule has 0 aliphatic carbocycles. The lowest BCUT2D eigenvalue weighted by molar-refractivity contribution is 0.624. The summed E-state index contributed by atoms with van der Waals surface area (Å²) in [6, 6.07) is 4.27. The average Bonchev–Trinajstić information content (AvgIpc) is 2.44. The second-order valence-corrected chi connectivity index (χ2v) is 6.38. The third-order valence-electron chi connectivity index (χ3n) is 3.67. The molecule has 0 amide bonds. The maximum Gasteiger partial charge on any atom is 0.139 e. The normalized spacial score (nSPS) is 14.2. The van der Waals surface area contributed by atoms with Crippen molar-refractivity contribution >= 4 is 28.1 Å². The van der Waals surface area contributed by atoms with E-state index in [9.17, 15) is 0 Å². The number of fused-ring (bicyclic) bond motifs is 1. The van der Waals surface area contributed by atoms with Crippen LogP contribution in [0, 0.1) is 18.5 Å². The van der Waals surface area contributed by atoms with E-state index in [1.807, 2.05) is 0 Å². The van der Waals surface area contributed by atoms with E-state index in [0.717, 1.165) is 40.9 Å². The molecule has 0 bridgehead atoms. The minimum absolute atomic E-state index is 0.708. The molecule has 1 aromatic heterocycles. The van der Waals surface area contributed by atoms with Crippen LogP contribution in [-0.4, -0.2) is 16.5 Å². The fourth-order valence-electron chi connectivity index (χ4n) is 2.59. The van der Waals surface area contributed by atoms with Gasteiger partial charge in [-0.25, -0.2) is 4.98 Å². The molecule has 3 nitrogen and oxygen atoms in total. The molecule has 0 unspecified atom stereocenters. The monoisotopic (exact) mass is 349 g/mol. The van der Waals surface area contributed by atoms with E-state index >= 15 is 0 Å². The molecule has 2 aromatic rings. The molecule has 1 aromatic carbocycles. The Kier molecular flexibility index (Phi) is 3.75. The van der Waals surface area contributed by atoms with Crippen molar-refractivity contribution in [3.05, 3.63) is 43.6 Å². The van der Waals surface area contributed by atoms with Gasteiger partial charge in [-0.3, -0.25) is 0 Å². The zero-order valence-electron chi connectivity index (χ0n) is 11.5. The molecule has 0 atom stereocenters. The topological polar surface area (TPSA) is 40.7 Å². The number of aromatic nitrogens is 2. The predicted octanol–water partition coefficient (Wildman–Crippen LogP) is 3.83. The van der Waals surface area contributed by atoms with E-state index in [1.54, 1.807) is 0 Å². The maximum absolute atomic E-state index is 5.44. The highest BCUT2D eigenvalue weighted by Gasteiger charge is 2.14. The molecule has 1 aliphatic rings. The summed E-state index contributed by atoms with van der Waals surface area (Å²) in [5.41, 5.74) is 5.87. The van der Waals surface area contributed by atoms with Gasteiger partial charge in [0.25, 0.3) is 0 Å². The van der Waals surface area contributed by atoms with E-state index in [2.05, 4.69) is 57.2 Å². The van der Waals surface area contributed by atoms with Gasteiger partial charge in [0.05, 0.1) is 0 Å². The Hall–Kier alpha value is -1.04. The molecule has 2 heterocycles. The van der Waals surface area contributed by atoms with Crippen molar-refractivity contribution in [1.29, 1.82) is 0 Å². The van der Waals surface area contributed by atoms with Crippen molar-refractivity contribution in [2.75, 3.05) is 6.54 Å². The number of halogens is 1. The lowest BCUT2D eigenvalue weighted by Crippen LogP contribution is -2.25. The summed E-state index contributed by atoms with van der Waals surface area (Å²) in [5.74, 6) is 0.870. The summed E-state index contributed by atoms with van der Waals surface area (Å²) >= 11 is 9.04. The quantitative estimate of drug-likeness (QED) is 0.768. The average molecular weight is 350 g/mol. The Morgan fingerprint density at radius 2 is 1.95 bits per heavy atom. The first-order chi connectivity index (χ1) is 9.56. The predicted molar refractivity (Wildman–Crippen MR) is 87.4 cm³/mol. The largest absolute Gasteiger partial charge is 0.343 e. The van der Waals surface area contributed by atoms with Crippen LogP contribution in [0.5, 0.6) is 0 Å². The van der Waals surface area contributed by atoms with Gasteiger partial charge >= 0.3 is 0 Å². The number of rotatable bonds is 1. The first-order valence-corrected chi connectivity index (χ1v) is 7.86. The highest BCUT2D eigenvalue weighted by atomic mass is 79.9. The van der Waals surface area contributed by atoms with Gasteiger partial charge in [-0.2, -0.15) is 0 Å². The van der Waals surface area contributed by atoms with Crippen LogP contribution in [0.4, 0.5) is 0 Å². The molecule has 0 spiro atoms. The second kappa shape index (κ2) is 5.39. The maximum atomic E-state index is 5.44. The Bertz CT molecular complexity index is 713. The van der Waals surface area contributed by atoms with Gasteiger partial charge in [0, 0.05) is 40.8 Å². The van der Waals surface area contributed by atoms with Crippen molar-refractivity contribution in [3.63, 3.8) is 0 Å². The summed E-state index contributed by atoms with van der Waals surface area (Å²) in [7, 11) is 0. The van der Waals surface area contributed by atoms with Crippen molar-refractivity contribution in [1.82, 2.24) is 15.3 Å². The van der Waals surface area contributed by atoms with Gasteiger partial charge in [0.15, 0.2) is 0 Å². The summed E-state index contributed by atoms with van der Waals surface area (Å²) in [6.07, 6.45) is 0.975. The zero-order chi connectivity index (χ0) is 14.3. The minimum atomic E-state index is 0.708. The molecule has 0 fully saturated rings. The molecule has 1 aliphatic heterocycles. The molecule has 0 saturated heterocycles. The summed E-state index contributed by atoms with van der Waals surface area (Å²) in [5, 5.41) is 3.33. The number of H-pyrrole nitrogens is 1. The number of nitrogens with zero attached hydrogens (tertiary/aromatic N) is 1. The molecular weight excluding hydrogens is 334 g/mol. The standard InChI is InChI=1S/C15H16BrN3S/c1-8-5-10(6-9(2)13(8)16)14-18-12-3-4-17-7-11(12)15(20)19-14/h5-6,17H,3-4,7H2,1-2H3,(H,18,19,20). The highest BCUT2D eigenvalue weighted by Crippen LogP contribution is 2.27. The third kappa shape index (κ3) is 2.45. The SMILES string of the molecule is Cc1cc(-c2nc(=S)c3c([nH]2)CCNC3)cc(C)c1Br. The van der Waals surface area contributed by atoms with E-state index < -0.39 is 0 Å². The van der Waals surface area contributed by atoms with Gasteiger partial charge in [-0.15, -0.1) is 0 Å². The number of nitrogens with one attached hydrogen (secondary N) is 2. The van der Waals surface area contributed by atoms with E-state index in [4.69, 9.17) is 12.2 Å². The fraction of sp³-hybridized carbons (Fsp3) is 0.333. The molecule has 0 radical (unpaired) electrons. The molecule has 2 N–H and O–H groups in total. The highest BCUT2D eigenvalue weighted by molar-refractivity contribution is 9.10. The number of benzene rings is 1. The van der Waals surface area contributed by atoms with Crippen LogP contribution in [0.2, 0.25) is 0 Å². The molecule has 20 heavy (non-hydrogen) atoms. The number of hydrogen-bond donors (Lipinski definition) is 2. The van der Waals surface area contributed by atoms with Crippen LogP contribution in [0.1, 0.15) is 22.4 Å². The van der Waals surface area contributed by atoms with Crippen LogP contribution in [-0.2, 0) is 13.0 Å². The van der Waals surface area contributed by atoms with Crippen LogP contribution >= 0.6 is 28.1 Å². The Balaban J connectivity index is 2.16. The lowest BCUT2D eigenvalue weighted by Gasteiger charge is -2.18. The van der Waals surface area contributed by atoms with E-state index in [0.29, 0.717) is 4.64 Å². The van der Waals surface area contributed by atoms with Gasteiger partial charge in [-0.05, 0) is 37.1 Å². The lowest BCUT2D eigenvalue weighted by atomic mass is 10.1. The number of aromatic amines is 1. The fourth-order valence-corrected chi connectivity index (χ4v) is 3.10. The minimum Gasteiger partial charge on any atom is -0.343 e. The number of hydrogen-bond acceptors (Lipinski definition) is 3. The van der Waals surface area contributed by atoms with Crippen molar-refractivity contribution in [2.24, 2.45) is 0 Å². The molecular formula is C15H16BrN3S. The van der Waals surface area contributed by atoms with Crippen molar-refractivity contribution in [3.8, 4) is 11.4 Å². The van der Waals surface area contributed by atoms with Crippen LogP contribution in [0.3, 0.4) is 0 Å². The van der Waals surface area contributed by atoms with Gasteiger partial charge in [0.2, 0.25) is 0 Å². The first kappa shape index (κ1) is 13.9. The zero-order valence-corrected chi connectivity index (χ0v) is 13.9. The van der Waals surface area contributed by atoms with Crippen LogP contribution in [0.15, 0.2) is 16.6 Å². The summed E-state index contributed by atoms with van der Waals surface area (Å²) in [4.78, 5) is 8.04. The van der Waals surface area contributed by atoms with Crippen LogP contribution < -0.4 is 5.32 Å². The summed E-state index contributed by atoms with van der Waals surface area (Å²) in [6.45, 7) is 5.99. The molecule has 3 rings (SSSR count). The van der Waals surface area contributed by atoms with Crippen molar-refractivity contribution < 1.29 is 0 Å². The van der Waals surface area contributed by atoms with Gasteiger partial charge in [0.1, 0.15) is 10.5 Å². The third-order valence-corrected chi connectivity index (χ3v) is 5.26. The molecule has 0 saturated carbocycles.